The Morgan fingerprint density at radius 1 is 1.17 bits per heavy atom. The molecule has 0 saturated heterocycles. The molecule has 0 aliphatic rings. The molecule has 6 heteroatoms. The fourth-order valence-electron chi connectivity index (χ4n) is 2.07. The number of carbonyl (C=O) groups excluding carboxylic acids is 2. The Bertz CT molecular complexity index is 656. The van der Waals surface area contributed by atoms with Crippen molar-refractivity contribution in [2.24, 2.45) is 0 Å². The molecule has 1 amide bonds. The Hall–Kier alpha value is -2.89. The summed E-state index contributed by atoms with van der Waals surface area (Å²) in [5, 5.41) is 2.68. The quantitative estimate of drug-likeness (QED) is 0.820. The van der Waals surface area contributed by atoms with Crippen LogP contribution in [0.5, 0.6) is 5.75 Å². The molecule has 1 atom stereocenters. The van der Waals surface area contributed by atoms with E-state index >= 15 is 0 Å². The number of benzene rings is 1. The topological polar surface area (TPSA) is 77.5 Å². The van der Waals surface area contributed by atoms with Crippen molar-refractivity contribution < 1.29 is 19.1 Å². The SMILES string of the molecule is COC(=O)[C@@H](Cc1ccc(OC)cc1)NC(=O)c1cccnc1. The number of aromatic nitrogens is 1. The number of hydrogen-bond donors (Lipinski definition) is 1. The molecule has 1 N–H and O–H groups in total. The largest absolute Gasteiger partial charge is 0.497 e. The van der Waals surface area contributed by atoms with Gasteiger partial charge in [-0.05, 0) is 29.8 Å². The first-order valence-electron chi connectivity index (χ1n) is 7.05. The van der Waals surface area contributed by atoms with Crippen LogP contribution in [-0.4, -0.2) is 37.1 Å². The third-order valence-electron chi connectivity index (χ3n) is 3.31. The lowest BCUT2D eigenvalue weighted by atomic mass is 10.1. The number of esters is 1. The molecule has 0 saturated carbocycles. The fraction of sp³-hybridized carbons (Fsp3) is 0.235. The molecule has 0 fully saturated rings. The zero-order valence-corrected chi connectivity index (χ0v) is 13.0. The molecule has 0 bridgehead atoms. The van der Waals surface area contributed by atoms with E-state index in [9.17, 15) is 9.59 Å². The van der Waals surface area contributed by atoms with Crippen LogP contribution in [0, 0.1) is 0 Å². The third kappa shape index (κ3) is 4.54. The molecular formula is C17H18N2O4. The first-order chi connectivity index (χ1) is 11.1. The molecule has 0 spiro atoms. The number of nitrogens with zero attached hydrogens (tertiary/aromatic N) is 1. The Morgan fingerprint density at radius 3 is 2.48 bits per heavy atom. The molecule has 2 rings (SSSR count). The standard InChI is InChI=1S/C17H18N2O4/c1-22-14-7-5-12(6-8-14)10-15(17(21)23-2)19-16(20)13-4-3-9-18-11-13/h3-9,11,15H,10H2,1-2H3,(H,19,20)/t15-/m1/s1. The van der Waals surface area contributed by atoms with Gasteiger partial charge in [0.2, 0.25) is 0 Å². The summed E-state index contributed by atoms with van der Waals surface area (Å²) in [4.78, 5) is 28.0. The maximum Gasteiger partial charge on any atom is 0.328 e. The predicted molar refractivity (Wildman–Crippen MR) is 84.2 cm³/mol. The van der Waals surface area contributed by atoms with Crippen molar-refractivity contribution in [1.29, 1.82) is 0 Å². The highest BCUT2D eigenvalue weighted by atomic mass is 16.5. The number of nitrogens with one attached hydrogen (secondary N) is 1. The zero-order chi connectivity index (χ0) is 16.7. The average molecular weight is 314 g/mol. The van der Waals surface area contributed by atoms with E-state index < -0.39 is 12.0 Å². The molecule has 23 heavy (non-hydrogen) atoms. The average Bonchev–Trinajstić information content (AvgIpc) is 2.61. The highest BCUT2D eigenvalue weighted by Gasteiger charge is 2.22. The molecular weight excluding hydrogens is 296 g/mol. The monoisotopic (exact) mass is 314 g/mol. The molecule has 0 aliphatic carbocycles. The summed E-state index contributed by atoms with van der Waals surface area (Å²) in [6, 6.07) is 9.78. The number of amides is 1. The van der Waals surface area contributed by atoms with E-state index in [0.29, 0.717) is 12.0 Å². The molecule has 0 aliphatic heterocycles. The molecule has 0 radical (unpaired) electrons. The van der Waals surface area contributed by atoms with Crippen LogP contribution >= 0.6 is 0 Å². The second-order valence-electron chi connectivity index (χ2n) is 4.84. The maximum atomic E-state index is 12.2. The van der Waals surface area contributed by atoms with E-state index in [0.717, 1.165) is 11.3 Å². The van der Waals surface area contributed by atoms with Crippen LogP contribution < -0.4 is 10.1 Å². The van der Waals surface area contributed by atoms with Gasteiger partial charge in [0, 0.05) is 18.8 Å². The van der Waals surface area contributed by atoms with Gasteiger partial charge in [0.15, 0.2) is 0 Å². The lowest BCUT2D eigenvalue weighted by molar-refractivity contribution is -0.142. The number of ether oxygens (including phenoxy) is 2. The zero-order valence-electron chi connectivity index (χ0n) is 13.0. The summed E-state index contributed by atoms with van der Waals surface area (Å²) < 4.78 is 9.87. The van der Waals surface area contributed by atoms with Gasteiger partial charge in [0.25, 0.3) is 5.91 Å². The van der Waals surface area contributed by atoms with E-state index in [1.165, 1.54) is 13.3 Å². The molecule has 2 aromatic rings. The highest BCUT2D eigenvalue weighted by Crippen LogP contribution is 2.13. The summed E-state index contributed by atoms with van der Waals surface area (Å²) in [7, 11) is 2.87. The van der Waals surface area contributed by atoms with Gasteiger partial charge in [0.1, 0.15) is 11.8 Å². The lowest BCUT2D eigenvalue weighted by Gasteiger charge is -2.16. The van der Waals surface area contributed by atoms with Gasteiger partial charge in [-0.25, -0.2) is 4.79 Å². The first-order valence-corrected chi connectivity index (χ1v) is 7.05. The van der Waals surface area contributed by atoms with Crippen molar-refractivity contribution >= 4 is 11.9 Å². The van der Waals surface area contributed by atoms with E-state index in [1.54, 1.807) is 37.6 Å². The van der Waals surface area contributed by atoms with Crippen LogP contribution in [0.3, 0.4) is 0 Å². The molecule has 0 unspecified atom stereocenters. The van der Waals surface area contributed by atoms with Gasteiger partial charge >= 0.3 is 5.97 Å². The van der Waals surface area contributed by atoms with Gasteiger partial charge in [-0.1, -0.05) is 12.1 Å². The van der Waals surface area contributed by atoms with Crippen molar-refractivity contribution in [3.63, 3.8) is 0 Å². The van der Waals surface area contributed by atoms with Crippen molar-refractivity contribution in [3.8, 4) is 5.75 Å². The predicted octanol–water partition coefficient (Wildman–Crippen LogP) is 1.60. The smallest absolute Gasteiger partial charge is 0.328 e. The molecule has 1 heterocycles. The third-order valence-corrected chi connectivity index (χ3v) is 3.31. The van der Waals surface area contributed by atoms with Crippen molar-refractivity contribution in [3.05, 3.63) is 59.9 Å². The summed E-state index contributed by atoms with van der Waals surface area (Å²) in [6.45, 7) is 0. The highest BCUT2D eigenvalue weighted by molar-refractivity contribution is 5.96. The minimum Gasteiger partial charge on any atom is -0.497 e. The van der Waals surface area contributed by atoms with Gasteiger partial charge < -0.3 is 14.8 Å². The number of methoxy groups -OCH3 is 2. The summed E-state index contributed by atoms with van der Waals surface area (Å²) in [5.41, 5.74) is 1.27. The van der Waals surface area contributed by atoms with Crippen LogP contribution in [-0.2, 0) is 16.0 Å². The summed E-state index contributed by atoms with van der Waals surface area (Å²) in [6.07, 6.45) is 3.34. The second kappa shape index (κ2) is 7.93. The second-order valence-corrected chi connectivity index (χ2v) is 4.84. The van der Waals surface area contributed by atoms with Gasteiger partial charge in [0.05, 0.1) is 19.8 Å². The van der Waals surface area contributed by atoms with Crippen molar-refractivity contribution in [2.75, 3.05) is 14.2 Å². The number of pyridine rings is 1. The fourth-order valence-corrected chi connectivity index (χ4v) is 2.07. The molecule has 120 valence electrons. The van der Waals surface area contributed by atoms with Gasteiger partial charge in [-0.15, -0.1) is 0 Å². The van der Waals surface area contributed by atoms with Crippen LogP contribution in [0.2, 0.25) is 0 Å². The Kier molecular flexibility index (Phi) is 5.68. The molecule has 1 aromatic heterocycles. The summed E-state index contributed by atoms with van der Waals surface area (Å²) in [5.74, 6) is -0.150. The van der Waals surface area contributed by atoms with E-state index in [1.807, 2.05) is 12.1 Å². The van der Waals surface area contributed by atoms with Gasteiger partial charge in [-0.3, -0.25) is 9.78 Å². The number of hydrogen-bond acceptors (Lipinski definition) is 5. The van der Waals surface area contributed by atoms with Crippen LogP contribution in [0.4, 0.5) is 0 Å². The molecule has 1 aromatic carbocycles. The number of carbonyl (C=O) groups is 2. The van der Waals surface area contributed by atoms with Crippen molar-refractivity contribution in [2.45, 2.75) is 12.5 Å². The minimum absolute atomic E-state index is 0.322. The lowest BCUT2D eigenvalue weighted by Crippen LogP contribution is -2.43. The van der Waals surface area contributed by atoms with Crippen LogP contribution in [0.15, 0.2) is 48.8 Å². The first kappa shape index (κ1) is 16.5. The van der Waals surface area contributed by atoms with Crippen LogP contribution in [0.1, 0.15) is 15.9 Å². The minimum atomic E-state index is -0.777. The van der Waals surface area contributed by atoms with E-state index in [4.69, 9.17) is 9.47 Å². The number of rotatable bonds is 6. The Morgan fingerprint density at radius 2 is 1.91 bits per heavy atom. The summed E-state index contributed by atoms with van der Waals surface area (Å²) >= 11 is 0. The normalized spacial score (nSPS) is 11.4. The van der Waals surface area contributed by atoms with Crippen molar-refractivity contribution in [1.82, 2.24) is 10.3 Å². The Balaban J connectivity index is 2.10. The van der Waals surface area contributed by atoms with Crippen LogP contribution in [0.25, 0.3) is 0 Å². The molecule has 6 nitrogen and oxygen atoms in total. The van der Waals surface area contributed by atoms with Gasteiger partial charge in [-0.2, -0.15) is 0 Å². The Labute approximate surface area is 134 Å². The van der Waals surface area contributed by atoms with E-state index in [-0.39, 0.29) is 5.91 Å². The maximum absolute atomic E-state index is 12.2. The van der Waals surface area contributed by atoms with E-state index in [2.05, 4.69) is 10.3 Å².